The Labute approximate surface area is 112 Å². The van der Waals surface area contributed by atoms with Crippen LogP contribution in [0.15, 0.2) is 42.4 Å². The molecule has 19 heavy (non-hydrogen) atoms. The SMILES string of the molecule is NCCN(Cc1ccccc1)C(=O)C1=COCCO1. The molecule has 1 aliphatic rings. The maximum absolute atomic E-state index is 12.3. The molecule has 5 nitrogen and oxygen atoms in total. The van der Waals surface area contributed by atoms with E-state index in [1.54, 1.807) is 4.90 Å². The van der Waals surface area contributed by atoms with Crippen molar-refractivity contribution in [2.24, 2.45) is 5.73 Å². The molecule has 0 fully saturated rings. The second-order valence-electron chi connectivity index (χ2n) is 4.20. The third-order valence-electron chi connectivity index (χ3n) is 2.76. The summed E-state index contributed by atoms with van der Waals surface area (Å²) in [6.45, 7) is 2.28. The molecule has 2 N–H and O–H groups in total. The van der Waals surface area contributed by atoms with Crippen molar-refractivity contribution in [3.05, 3.63) is 47.9 Å². The topological polar surface area (TPSA) is 64.8 Å². The lowest BCUT2D eigenvalue weighted by molar-refractivity contribution is -0.132. The van der Waals surface area contributed by atoms with Crippen LogP contribution >= 0.6 is 0 Å². The number of carbonyl (C=O) groups is 1. The summed E-state index contributed by atoms with van der Waals surface area (Å²) >= 11 is 0. The number of carbonyl (C=O) groups excluding carboxylic acids is 1. The summed E-state index contributed by atoms with van der Waals surface area (Å²) in [6.07, 6.45) is 1.38. The van der Waals surface area contributed by atoms with Crippen LogP contribution in [0.4, 0.5) is 0 Å². The Kier molecular flexibility index (Phi) is 4.80. The van der Waals surface area contributed by atoms with Crippen LogP contribution in [0.1, 0.15) is 5.56 Å². The van der Waals surface area contributed by atoms with E-state index >= 15 is 0 Å². The zero-order chi connectivity index (χ0) is 13.5. The van der Waals surface area contributed by atoms with Gasteiger partial charge in [0.2, 0.25) is 5.76 Å². The molecule has 1 aliphatic heterocycles. The Hall–Kier alpha value is -2.01. The van der Waals surface area contributed by atoms with E-state index in [0.29, 0.717) is 32.8 Å². The van der Waals surface area contributed by atoms with Gasteiger partial charge in [-0.05, 0) is 5.56 Å². The van der Waals surface area contributed by atoms with Crippen LogP contribution in [0, 0.1) is 0 Å². The molecule has 0 aliphatic carbocycles. The molecule has 0 saturated heterocycles. The summed E-state index contributed by atoms with van der Waals surface area (Å²) in [5, 5.41) is 0. The molecule has 0 spiro atoms. The maximum Gasteiger partial charge on any atom is 0.292 e. The molecule has 5 heteroatoms. The first-order chi connectivity index (χ1) is 9.31. The van der Waals surface area contributed by atoms with Crippen molar-refractivity contribution in [2.75, 3.05) is 26.3 Å². The molecule has 0 bridgehead atoms. The van der Waals surface area contributed by atoms with E-state index in [4.69, 9.17) is 15.2 Å². The van der Waals surface area contributed by atoms with Crippen molar-refractivity contribution in [1.82, 2.24) is 4.90 Å². The number of hydrogen-bond acceptors (Lipinski definition) is 4. The van der Waals surface area contributed by atoms with Crippen LogP contribution in [0.2, 0.25) is 0 Å². The van der Waals surface area contributed by atoms with E-state index in [-0.39, 0.29) is 11.7 Å². The van der Waals surface area contributed by atoms with Crippen LogP contribution in [0.5, 0.6) is 0 Å². The van der Waals surface area contributed by atoms with Gasteiger partial charge in [-0.15, -0.1) is 0 Å². The fourth-order valence-corrected chi connectivity index (χ4v) is 1.85. The molecule has 0 aromatic heterocycles. The lowest BCUT2D eigenvalue weighted by Crippen LogP contribution is -2.37. The van der Waals surface area contributed by atoms with E-state index in [2.05, 4.69) is 0 Å². The average molecular weight is 262 g/mol. The standard InChI is InChI=1S/C14H18N2O3/c15-6-7-16(10-12-4-2-1-3-5-12)14(17)13-11-18-8-9-19-13/h1-5,11H,6-10,15H2. The van der Waals surface area contributed by atoms with Gasteiger partial charge in [-0.3, -0.25) is 4.79 Å². The van der Waals surface area contributed by atoms with Gasteiger partial charge >= 0.3 is 0 Å². The van der Waals surface area contributed by atoms with Gasteiger partial charge in [-0.2, -0.15) is 0 Å². The van der Waals surface area contributed by atoms with Gasteiger partial charge in [0.05, 0.1) is 0 Å². The number of ether oxygens (including phenoxy) is 2. The highest BCUT2D eigenvalue weighted by atomic mass is 16.6. The normalized spacial score (nSPS) is 14.1. The Morgan fingerprint density at radius 1 is 1.26 bits per heavy atom. The lowest BCUT2D eigenvalue weighted by atomic mass is 10.2. The highest BCUT2D eigenvalue weighted by Crippen LogP contribution is 2.12. The van der Waals surface area contributed by atoms with Crippen molar-refractivity contribution in [3.63, 3.8) is 0 Å². The number of hydrogen-bond donors (Lipinski definition) is 1. The zero-order valence-electron chi connectivity index (χ0n) is 10.7. The van der Waals surface area contributed by atoms with Crippen LogP contribution in [0.25, 0.3) is 0 Å². The second-order valence-corrected chi connectivity index (χ2v) is 4.20. The minimum absolute atomic E-state index is 0.186. The van der Waals surface area contributed by atoms with Gasteiger partial charge in [0, 0.05) is 19.6 Å². The molecule has 1 aromatic rings. The van der Waals surface area contributed by atoms with Crippen LogP contribution in [0.3, 0.4) is 0 Å². The monoisotopic (exact) mass is 262 g/mol. The lowest BCUT2D eigenvalue weighted by Gasteiger charge is -2.24. The minimum atomic E-state index is -0.186. The quantitative estimate of drug-likeness (QED) is 0.855. The maximum atomic E-state index is 12.3. The van der Waals surface area contributed by atoms with Gasteiger partial charge in [-0.1, -0.05) is 30.3 Å². The predicted octanol–water partition coefficient (Wildman–Crippen LogP) is 0.862. The first-order valence-electron chi connectivity index (χ1n) is 6.29. The Morgan fingerprint density at radius 3 is 2.68 bits per heavy atom. The predicted molar refractivity (Wildman–Crippen MR) is 70.9 cm³/mol. The molecule has 2 rings (SSSR count). The number of benzene rings is 1. The largest absolute Gasteiger partial charge is 0.494 e. The van der Waals surface area contributed by atoms with E-state index in [1.165, 1.54) is 6.26 Å². The van der Waals surface area contributed by atoms with Crippen LogP contribution in [-0.2, 0) is 20.8 Å². The second kappa shape index (κ2) is 6.80. The summed E-state index contributed by atoms with van der Waals surface area (Å²) in [5.74, 6) is 0.0598. The molecule has 0 atom stereocenters. The third-order valence-corrected chi connectivity index (χ3v) is 2.76. The summed E-state index contributed by atoms with van der Waals surface area (Å²) in [6, 6.07) is 9.78. The first-order valence-corrected chi connectivity index (χ1v) is 6.29. The van der Waals surface area contributed by atoms with E-state index in [9.17, 15) is 4.79 Å². The van der Waals surface area contributed by atoms with Gasteiger partial charge < -0.3 is 20.1 Å². The smallest absolute Gasteiger partial charge is 0.292 e. The number of rotatable bonds is 5. The van der Waals surface area contributed by atoms with E-state index in [0.717, 1.165) is 5.56 Å². The Bertz CT molecular complexity index is 445. The third kappa shape index (κ3) is 3.72. The summed E-state index contributed by atoms with van der Waals surface area (Å²) in [5.41, 5.74) is 6.62. The summed E-state index contributed by atoms with van der Waals surface area (Å²) in [4.78, 5) is 14.0. The fourth-order valence-electron chi connectivity index (χ4n) is 1.85. The number of nitrogens with two attached hydrogens (primary N) is 1. The average Bonchev–Trinajstić information content (AvgIpc) is 2.48. The molecule has 0 radical (unpaired) electrons. The number of amides is 1. The summed E-state index contributed by atoms with van der Waals surface area (Å²) in [7, 11) is 0. The Balaban J connectivity index is 2.06. The van der Waals surface area contributed by atoms with Crippen molar-refractivity contribution >= 4 is 5.91 Å². The Morgan fingerprint density at radius 2 is 2.05 bits per heavy atom. The highest BCUT2D eigenvalue weighted by Gasteiger charge is 2.21. The molecule has 102 valence electrons. The van der Waals surface area contributed by atoms with Crippen molar-refractivity contribution in [1.29, 1.82) is 0 Å². The van der Waals surface area contributed by atoms with E-state index < -0.39 is 0 Å². The first kappa shape index (κ1) is 13.4. The van der Waals surface area contributed by atoms with E-state index in [1.807, 2.05) is 30.3 Å². The van der Waals surface area contributed by atoms with Gasteiger partial charge in [0.15, 0.2) is 0 Å². The molecule has 1 aromatic carbocycles. The number of nitrogens with zero attached hydrogens (tertiary/aromatic N) is 1. The molecular weight excluding hydrogens is 244 g/mol. The molecule has 0 saturated carbocycles. The van der Waals surface area contributed by atoms with Crippen molar-refractivity contribution in [2.45, 2.75) is 6.54 Å². The molecule has 1 heterocycles. The molecular formula is C14H18N2O3. The molecule has 1 amide bonds. The van der Waals surface area contributed by atoms with Gasteiger partial charge in [0.25, 0.3) is 5.91 Å². The fraction of sp³-hybridized carbons (Fsp3) is 0.357. The minimum Gasteiger partial charge on any atom is -0.494 e. The zero-order valence-corrected chi connectivity index (χ0v) is 10.7. The highest BCUT2D eigenvalue weighted by molar-refractivity contribution is 5.91. The van der Waals surface area contributed by atoms with Crippen molar-refractivity contribution < 1.29 is 14.3 Å². The van der Waals surface area contributed by atoms with Crippen LogP contribution < -0.4 is 5.73 Å². The van der Waals surface area contributed by atoms with Gasteiger partial charge in [-0.25, -0.2) is 0 Å². The summed E-state index contributed by atoms with van der Waals surface area (Å²) < 4.78 is 10.4. The molecule has 0 unspecified atom stereocenters. The van der Waals surface area contributed by atoms with Gasteiger partial charge in [0.1, 0.15) is 19.5 Å². The van der Waals surface area contributed by atoms with Crippen LogP contribution in [-0.4, -0.2) is 37.1 Å². The van der Waals surface area contributed by atoms with Crippen molar-refractivity contribution in [3.8, 4) is 0 Å².